The van der Waals surface area contributed by atoms with Gasteiger partial charge in [0.25, 0.3) is 0 Å². The minimum absolute atomic E-state index is 0.0380. The van der Waals surface area contributed by atoms with Crippen molar-refractivity contribution in [2.75, 3.05) is 55.9 Å². The third-order valence-corrected chi connectivity index (χ3v) is 9.62. The number of anilines is 2. The van der Waals surface area contributed by atoms with Crippen LogP contribution in [0.2, 0.25) is 0 Å². The topological polar surface area (TPSA) is 119 Å². The predicted octanol–water partition coefficient (Wildman–Crippen LogP) is 2.47. The van der Waals surface area contributed by atoms with Crippen molar-refractivity contribution in [2.24, 2.45) is 17.1 Å². The van der Waals surface area contributed by atoms with Crippen molar-refractivity contribution >= 4 is 23.4 Å². The molecule has 1 spiro atoms. The van der Waals surface area contributed by atoms with Crippen LogP contribution in [0.3, 0.4) is 0 Å². The average Bonchev–Trinajstić information content (AvgIpc) is 3.49. The normalized spacial score (nSPS) is 27.9. The summed E-state index contributed by atoms with van der Waals surface area (Å²) in [6.07, 6.45) is 6.68. The van der Waals surface area contributed by atoms with Crippen molar-refractivity contribution in [1.82, 2.24) is 15.0 Å². The Hall–Kier alpha value is -2.18. The number of rotatable bonds is 7. The predicted molar refractivity (Wildman–Crippen MR) is 145 cm³/mol. The van der Waals surface area contributed by atoms with Crippen molar-refractivity contribution in [2.45, 2.75) is 67.8 Å². The maximum atomic E-state index is 10.2. The van der Waals surface area contributed by atoms with Crippen LogP contribution >= 0.6 is 11.8 Å². The number of nitrogens with zero attached hydrogens (tertiary/aromatic N) is 5. The molecule has 4 atom stereocenters. The van der Waals surface area contributed by atoms with Crippen LogP contribution in [0.1, 0.15) is 38.8 Å². The summed E-state index contributed by atoms with van der Waals surface area (Å²) in [5, 5.41) is 10.9. The number of aliphatic hydroxyl groups is 1. The minimum atomic E-state index is -0.167. The van der Waals surface area contributed by atoms with E-state index in [1.807, 2.05) is 19.2 Å². The molecule has 4 aliphatic heterocycles. The first kappa shape index (κ1) is 26.1. The molecule has 0 amide bonds. The highest BCUT2D eigenvalue weighted by molar-refractivity contribution is 7.99. The summed E-state index contributed by atoms with van der Waals surface area (Å²) in [6.45, 7) is 9.39. The van der Waals surface area contributed by atoms with Gasteiger partial charge in [-0.05, 0) is 39.2 Å². The molecule has 1 unspecified atom stereocenters. The van der Waals surface area contributed by atoms with Gasteiger partial charge in [-0.1, -0.05) is 11.8 Å². The lowest BCUT2D eigenvalue weighted by atomic mass is 9.73. The molecule has 4 aliphatic rings. The number of pyridine rings is 1. The smallest absolute Gasteiger partial charge is 0.175 e. The van der Waals surface area contributed by atoms with Gasteiger partial charge in [-0.2, -0.15) is 0 Å². The number of piperidine rings is 1. The third-order valence-electron chi connectivity index (χ3n) is 8.67. The summed E-state index contributed by atoms with van der Waals surface area (Å²) < 4.78 is 17.8. The molecule has 206 valence electrons. The van der Waals surface area contributed by atoms with Crippen molar-refractivity contribution in [3.8, 4) is 5.75 Å². The van der Waals surface area contributed by atoms with Crippen LogP contribution in [0.15, 0.2) is 28.4 Å². The third kappa shape index (κ3) is 4.72. The maximum absolute atomic E-state index is 10.2. The van der Waals surface area contributed by atoms with Gasteiger partial charge >= 0.3 is 0 Å². The van der Waals surface area contributed by atoms with Gasteiger partial charge in [0.2, 0.25) is 0 Å². The quantitative estimate of drug-likeness (QED) is 0.537. The summed E-state index contributed by atoms with van der Waals surface area (Å²) >= 11 is 1.50. The van der Waals surface area contributed by atoms with Gasteiger partial charge in [-0.15, -0.1) is 0 Å². The second-order valence-electron chi connectivity index (χ2n) is 11.0. The Morgan fingerprint density at radius 1 is 1.26 bits per heavy atom. The van der Waals surface area contributed by atoms with E-state index in [1.54, 1.807) is 6.20 Å². The fraction of sp³-hybridized carbons (Fsp3) is 0.667. The molecular weight excluding hydrogens is 504 g/mol. The zero-order valence-electron chi connectivity index (χ0n) is 22.2. The highest BCUT2D eigenvalue weighted by atomic mass is 32.2. The van der Waals surface area contributed by atoms with Gasteiger partial charge in [-0.3, -0.25) is 0 Å². The lowest BCUT2D eigenvalue weighted by Gasteiger charge is -2.41. The van der Waals surface area contributed by atoms with E-state index in [0.717, 1.165) is 86.0 Å². The van der Waals surface area contributed by atoms with Crippen LogP contribution in [0.25, 0.3) is 0 Å². The van der Waals surface area contributed by atoms with E-state index in [2.05, 4.69) is 21.7 Å². The first-order valence-corrected chi connectivity index (χ1v) is 14.6. The van der Waals surface area contributed by atoms with Crippen molar-refractivity contribution in [1.29, 1.82) is 0 Å². The monoisotopic (exact) mass is 542 g/mol. The standard InChI is InChI=1S/C27H38N6O4S/c1-3-35-14-18-10-19-15-36-23-21(4-7-29-26(23)33(19)12-18)38-22-11-30-25(20(13-34)31-22)32-8-5-27(6-9-32)16-37-17(2)24(27)28/h4,7,11,17-19,24,34H,3,5-6,8-10,12-16,28H2,1-2H3/t17-,18-,19?,24+/m0/s1. The van der Waals surface area contributed by atoms with E-state index in [0.29, 0.717) is 24.3 Å². The SMILES string of the molecule is CCOC[C@H]1CC2COc3c(Sc4cnc(N5CCC6(CC5)CO[C@@H](C)[C@H]6N)c(CO)n4)ccnc3N2C1. The van der Waals surface area contributed by atoms with Crippen LogP contribution in [0.4, 0.5) is 11.6 Å². The fourth-order valence-corrected chi connectivity index (χ4v) is 7.29. The number of aromatic nitrogens is 3. The molecule has 38 heavy (non-hydrogen) atoms. The zero-order valence-corrected chi connectivity index (χ0v) is 23.0. The molecule has 6 heterocycles. The minimum Gasteiger partial charge on any atom is -0.486 e. The molecule has 3 fully saturated rings. The number of fused-ring (bicyclic) bond motifs is 3. The number of hydrogen-bond donors (Lipinski definition) is 2. The molecule has 10 nitrogen and oxygen atoms in total. The van der Waals surface area contributed by atoms with E-state index >= 15 is 0 Å². The maximum Gasteiger partial charge on any atom is 0.175 e. The van der Waals surface area contributed by atoms with E-state index < -0.39 is 0 Å². The highest BCUT2D eigenvalue weighted by Crippen LogP contribution is 2.45. The molecule has 0 aromatic carbocycles. The Balaban J connectivity index is 1.16. The highest BCUT2D eigenvalue weighted by Gasteiger charge is 2.48. The van der Waals surface area contributed by atoms with E-state index in [4.69, 9.17) is 29.9 Å². The summed E-state index contributed by atoms with van der Waals surface area (Å²) in [5.41, 5.74) is 7.12. The molecule has 2 aromatic rings. The van der Waals surface area contributed by atoms with Crippen LogP contribution < -0.4 is 20.3 Å². The van der Waals surface area contributed by atoms with Crippen molar-refractivity contribution in [3.63, 3.8) is 0 Å². The van der Waals surface area contributed by atoms with Crippen molar-refractivity contribution in [3.05, 3.63) is 24.2 Å². The van der Waals surface area contributed by atoms with Gasteiger partial charge in [0, 0.05) is 49.8 Å². The summed E-state index contributed by atoms with van der Waals surface area (Å²) in [7, 11) is 0. The fourth-order valence-electron chi connectivity index (χ4n) is 6.43. The van der Waals surface area contributed by atoms with Crippen molar-refractivity contribution < 1.29 is 19.3 Å². The largest absolute Gasteiger partial charge is 0.486 e. The number of hydrogen-bond acceptors (Lipinski definition) is 11. The zero-order chi connectivity index (χ0) is 26.3. The first-order chi connectivity index (χ1) is 18.5. The molecule has 6 rings (SSSR count). The Bertz CT molecular complexity index is 1150. The van der Waals surface area contributed by atoms with Crippen LogP contribution in [-0.2, 0) is 16.1 Å². The number of ether oxygens (including phenoxy) is 3. The average molecular weight is 543 g/mol. The summed E-state index contributed by atoms with van der Waals surface area (Å²) in [6, 6.07) is 2.36. The van der Waals surface area contributed by atoms with Crippen LogP contribution in [-0.4, -0.2) is 84.3 Å². The van der Waals surface area contributed by atoms with Gasteiger partial charge in [-0.25, -0.2) is 15.0 Å². The van der Waals surface area contributed by atoms with E-state index in [-0.39, 0.29) is 24.2 Å². The van der Waals surface area contributed by atoms with Gasteiger partial charge < -0.3 is 34.9 Å². The van der Waals surface area contributed by atoms with E-state index in [1.165, 1.54) is 11.8 Å². The van der Waals surface area contributed by atoms with Gasteiger partial charge in [0.1, 0.15) is 17.3 Å². The molecular formula is C27H38N6O4S. The molecule has 0 aliphatic carbocycles. The summed E-state index contributed by atoms with van der Waals surface area (Å²) in [4.78, 5) is 19.8. The molecule has 3 N–H and O–H groups in total. The second kappa shape index (κ2) is 10.8. The molecule has 0 saturated carbocycles. The van der Waals surface area contributed by atoms with Gasteiger partial charge in [0.05, 0.1) is 43.1 Å². The van der Waals surface area contributed by atoms with Crippen LogP contribution in [0, 0.1) is 11.3 Å². The Kier molecular flexibility index (Phi) is 7.38. The molecule has 2 aromatic heterocycles. The molecule has 0 radical (unpaired) electrons. The molecule has 3 saturated heterocycles. The first-order valence-electron chi connectivity index (χ1n) is 13.7. The summed E-state index contributed by atoms with van der Waals surface area (Å²) in [5.74, 6) is 2.93. The lowest BCUT2D eigenvalue weighted by Crippen LogP contribution is -2.51. The second-order valence-corrected chi connectivity index (χ2v) is 12.0. The van der Waals surface area contributed by atoms with Gasteiger partial charge in [0.15, 0.2) is 17.4 Å². The Morgan fingerprint density at radius 2 is 2.11 bits per heavy atom. The Labute approximate surface area is 228 Å². The van der Waals surface area contributed by atoms with Crippen LogP contribution in [0.5, 0.6) is 5.75 Å². The Morgan fingerprint density at radius 3 is 2.84 bits per heavy atom. The lowest BCUT2D eigenvalue weighted by molar-refractivity contribution is 0.0973. The number of nitrogens with two attached hydrogens (primary N) is 1. The van der Waals surface area contributed by atoms with E-state index in [9.17, 15) is 5.11 Å². The molecule has 0 bridgehead atoms. The molecule has 11 heteroatoms. The number of aliphatic hydroxyl groups excluding tert-OH is 1.